The first-order valence-electron chi connectivity index (χ1n) is 4.50. The fourth-order valence-corrected chi connectivity index (χ4v) is 1.81. The van der Waals surface area contributed by atoms with Crippen molar-refractivity contribution in [3.63, 3.8) is 0 Å². The maximum Gasteiger partial charge on any atom is 0.333 e. The largest absolute Gasteiger partial charge is 0.390 e. The van der Waals surface area contributed by atoms with Crippen molar-refractivity contribution < 1.29 is 18.7 Å². The molecule has 0 spiro atoms. The first-order valence-corrected chi connectivity index (χ1v) is 5.29. The van der Waals surface area contributed by atoms with Crippen molar-refractivity contribution in [2.75, 3.05) is 18.0 Å². The Labute approximate surface area is 99.1 Å². The summed E-state index contributed by atoms with van der Waals surface area (Å²) >= 11 is 3.20. The number of benzene rings is 1. The minimum Gasteiger partial charge on any atom is -0.390 e. The van der Waals surface area contributed by atoms with Crippen LogP contribution in [0.15, 0.2) is 22.7 Å². The number of carbonyl (C=O) groups is 2. The van der Waals surface area contributed by atoms with Crippen LogP contribution < -0.4 is 4.90 Å². The van der Waals surface area contributed by atoms with Crippen LogP contribution in [0, 0.1) is 5.82 Å². The summed E-state index contributed by atoms with van der Waals surface area (Å²) in [5.74, 6) is -1.82. The minimum atomic E-state index is -0.671. The van der Waals surface area contributed by atoms with Crippen LogP contribution in [0.5, 0.6) is 0 Å². The van der Waals surface area contributed by atoms with Crippen LogP contribution in [0.4, 0.5) is 10.1 Å². The molecule has 6 heteroatoms. The van der Waals surface area contributed by atoms with E-state index in [1.54, 1.807) is 6.07 Å². The number of halogens is 2. The van der Waals surface area contributed by atoms with Gasteiger partial charge in [0.1, 0.15) is 18.9 Å². The molecule has 0 amide bonds. The molecule has 4 nitrogen and oxygen atoms in total. The van der Waals surface area contributed by atoms with E-state index >= 15 is 0 Å². The Morgan fingerprint density at radius 3 is 2.50 bits per heavy atom. The number of esters is 2. The van der Waals surface area contributed by atoms with Crippen molar-refractivity contribution in [3.8, 4) is 0 Å². The number of ether oxygens (including phenoxy) is 1. The predicted molar refractivity (Wildman–Crippen MR) is 57.4 cm³/mol. The fourth-order valence-electron chi connectivity index (χ4n) is 1.46. The van der Waals surface area contributed by atoms with E-state index in [0.717, 1.165) is 0 Å². The van der Waals surface area contributed by atoms with Gasteiger partial charge in [0.15, 0.2) is 0 Å². The highest BCUT2D eigenvalue weighted by atomic mass is 79.9. The Morgan fingerprint density at radius 1 is 1.25 bits per heavy atom. The van der Waals surface area contributed by atoms with Gasteiger partial charge in [-0.3, -0.25) is 0 Å². The summed E-state index contributed by atoms with van der Waals surface area (Å²) in [6.45, 7) is -0.252. The van der Waals surface area contributed by atoms with E-state index in [0.29, 0.717) is 4.47 Å². The Balaban J connectivity index is 2.32. The molecule has 2 rings (SSSR count). The molecule has 0 bridgehead atoms. The molecule has 1 heterocycles. The lowest BCUT2D eigenvalue weighted by Crippen LogP contribution is -2.43. The normalized spacial score (nSPS) is 16.2. The Morgan fingerprint density at radius 2 is 1.88 bits per heavy atom. The second-order valence-corrected chi connectivity index (χ2v) is 4.21. The second kappa shape index (κ2) is 4.21. The van der Waals surface area contributed by atoms with Crippen molar-refractivity contribution >= 4 is 33.6 Å². The Bertz CT molecular complexity index is 447. The van der Waals surface area contributed by atoms with Crippen molar-refractivity contribution in [1.29, 1.82) is 0 Å². The van der Waals surface area contributed by atoms with Crippen LogP contribution in [0.25, 0.3) is 0 Å². The van der Waals surface area contributed by atoms with Crippen LogP contribution in [0.2, 0.25) is 0 Å². The summed E-state index contributed by atoms with van der Waals surface area (Å²) in [4.78, 5) is 23.4. The second-order valence-electron chi connectivity index (χ2n) is 3.30. The third-order valence-electron chi connectivity index (χ3n) is 2.12. The number of nitrogens with zero attached hydrogens (tertiary/aromatic N) is 1. The lowest BCUT2D eigenvalue weighted by molar-refractivity contribution is -0.160. The lowest BCUT2D eigenvalue weighted by Gasteiger charge is -2.26. The maximum absolute atomic E-state index is 13.5. The third kappa shape index (κ3) is 2.21. The molecule has 0 unspecified atom stereocenters. The van der Waals surface area contributed by atoms with Crippen molar-refractivity contribution in [2.24, 2.45) is 0 Å². The van der Waals surface area contributed by atoms with Crippen LogP contribution >= 0.6 is 15.9 Å². The first kappa shape index (κ1) is 11.1. The molecule has 1 aromatic rings. The Kier molecular flexibility index (Phi) is 2.91. The number of anilines is 1. The van der Waals surface area contributed by atoms with Gasteiger partial charge in [-0.25, -0.2) is 14.0 Å². The van der Waals surface area contributed by atoms with E-state index in [1.807, 2.05) is 0 Å². The number of morpholine rings is 1. The zero-order valence-electron chi connectivity index (χ0n) is 8.07. The molecule has 0 saturated carbocycles. The van der Waals surface area contributed by atoms with E-state index in [-0.39, 0.29) is 18.8 Å². The van der Waals surface area contributed by atoms with Gasteiger partial charge in [0.2, 0.25) is 0 Å². The van der Waals surface area contributed by atoms with Gasteiger partial charge < -0.3 is 9.64 Å². The molecule has 0 aromatic heterocycles. The lowest BCUT2D eigenvalue weighted by atomic mass is 10.2. The summed E-state index contributed by atoms with van der Waals surface area (Å²) in [6, 6.07) is 4.33. The quantitative estimate of drug-likeness (QED) is 0.580. The van der Waals surface area contributed by atoms with Gasteiger partial charge >= 0.3 is 11.9 Å². The molecule has 16 heavy (non-hydrogen) atoms. The Hall–Kier alpha value is -1.43. The van der Waals surface area contributed by atoms with Crippen molar-refractivity contribution in [3.05, 3.63) is 28.5 Å². The standard InChI is InChI=1S/C10H7BrFNO3/c11-6-1-2-7(12)8(3-6)13-4-9(14)16-10(15)5-13/h1-3H,4-5H2. The molecular formula is C10H7BrFNO3. The van der Waals surface area contributed by atoms with Crippen LogP contribution in [0.1, 0.15) is 0 Å². The highest BCUT2D eigenvalue weighted by Gasteiger charge is 2.26. The van der Waals surface area contributed by atoms with E-state index in [1.165, 1.54) is 17.0 Å². The SMILES string of the molecule is O=C1CN(c2cc(Br)ccc2F)CC(=O)O1. The number of carbonyl (C=O) groups excluding carboxylic acids is 2. The number of rotatable bonds is 1. The van der Waals surface area contributed by atoms with Gasteiger partial charge in [-0.2, -0.15) is 0 Å². The molecule has 0 radical (unpaired) electrons. The summed E-state index contributed by atoms with van der Waals surface area (Å²) in [6.07, 6.45) is 0. The predicted octanol–water partition coefficient (Wildman–Crippen LogP) is 1.48. The minimum absolute atomic E-state index is 0.126. The van der Waals surface area contributed by atoms with Gasteiger partial charge in [-0.1, -0.05) is 15.9 Å². The molecule has 1 aliphatic rings. The number of cyclic esters (lactones) is 2. The zero-order valence-corrected chi connectivity index (χ0v) is 9.66. The van der Waals surface area contributed by atoms with Gasteiger partial charge in [0, 0.05) is 4.47 Å². The fraction of sp³-hybridized carbons (Fsp3) is 0.200. The molecule has 1 aromatic carbocycles. The van der Waals surface area contributed by atoms with Gasteiger partial charge in [-0.15, -0.1) is 0 Å². The summed E-state index contributed by atoms with van der Waals surface area (Å²) in [5, 5.41) is 0. The highest BCUT2D eigenvalue weighted by molar-refractivity contribution is 9.10. The molecule has 0 N–H and O–H groups in total. The molecule has 84 valence electrons. The molecule has 0 atom stereocenters. The van der Waals surface area contributed by atoms with Crippen molar-refractivity contribution in [2.45, 2.75) is 0 Å². The topological polar surface area (TPSA) is 46.6 Å². The van der Waals surface area contributed by atoms with Gasteiger partial charge in [0.25, 0.3) is 0 Å². The zero-order chi connectivity index (χ0) is 11.7. The van der Waals surface area contributed by atoms with Crippen molar-refractivity contribution in [1.82, 2.24) is 0 Å². The highest BCUT2D eigenvalue weighted by Crippen LogP contribution is 2.24. The van der Waals surface area contributed by atoms with Gasteiger partial charge in [0.05, 0.1) is 5.69 Å². The van der Waals surface area contributed by atoms with E-state index in [4.69, 9.17) is 0 Å². The molecule has 0 aliphatic carbocycles. The van der Waals surface area contributed by atoms with Crippen LogP contribution in [-0.4, -0.2) is 25.0 Å². The summed E-state index contributed by atoms with van der Waals surface area (Å²) in [7, 11) is 0. The summed E-state index contributed by atoms with van der Waals surface area (Å²) < 4.78 is 18.5. The molecule has 1 fully saturated rings. The van der Waals surface area contributed by atoms with Crippen LogP contribution in [0.3, 0.4) is 0 Å². The molecular weight excluding hydrogens is 281 g/mol. The third-order valence-corrected chi connectivity index (χ3v) is 2.61. The average molecular weight is 288 g/mol. The smallest absolute Gasteiger partial charge is 0.333 e. The molecule has 1 aliphatic heterocycles. The summed E-state index contributed by atoms with van der Waals surface area (Å²) in [5.41, 5.74) is 0.208. The number of hydrogen-bond donors (Lipinski definition) is 0. The van der Waals surface area contributed by atoms with Crippen LogP contribution in [-0.2, 0) is 14.3 Å². The van der Waals surface area contributed by atoms with Gasteiger partial charge in [-0.05, 0) is 18.2 Å². The first-order chi connectivity index (χ1) is 7.56. The average Bonchev–Trinajstić information content (AvgIpc) is 2.20. The molecule has 1 saturated heterocycles. The maximum atomic E-state index is 13.5. The number of hydrogen-bond acceptors (Lipinski definition) is 4. The van der Waals surface area contributed by atoms with E-state index in [2.05, 4.69) is 20.7 Å². The monoisotopic (exact) mass is 287 g/mol. The van der Waals surface area contributed by atoms with E-state index in [9.17, 15) is 14.0 Å². The van der Waals surface area contributed by atoms with E-state index < -0.39 is 17.8 Å².